The molecule has 0 radical (unpaired) electrons. The molecule has 0 N–H and O–H groups in total. The molecule has 172 valence electrons. The molecule has 0 bridgehead atoms. The lowest BCUT2D eigenvalue weighted by Crippen LogP contribution is -1.84. The fourth-order valence-electron chi connectivity index (χ4n) is 1.32. The molecule has 0 unspecified atom stereocenters. The maximum Gasteiger partial charge on any atom is 0.128 e. The highest BCUT2D eigenvalue weighted by atomic mass is 15.0. The van der Waals surface area contributed by atoms with Crippen molar-refractivity contribution in [3.63, 3.8) is 0 Å². The van der Waals surface area contributed by atoms with Crippen molar-refractivity contribution < 1.29 is 0 Å². The van der Waals surface area contributed by atoms with Crippen LogP contribution < -0.4 is 0 Å². The fourth-order valence-corrected chi connectivity index (χ4v) is 1.32. The lowest BCUT2D eigenvalue weighted by Gasteiger charge is -1.80. The summed E-state index contributed by atoms with van der Waals surface area (Å²) in [4.78, 5) is 40.4. The van der Waals surface area contributed by atoms with Crippen molar-refractivity contribution in [2.24, 2.45) is 0 Å². The average molecular weight is 448 g/mol. The van der Waals surface area contributed by atoms with Gasteiger partial charge >= 0.3 is 0 Å². The van der Waals surface area contributed by atoms with Crippen LogP contribution in [0.15, 0.2) is 112 Å². The van der Waals surface area contributed by atoms with Gasteiger partial charge < -0.3 is 0 Å². The molecule has 0 fully saturated rings. The smallest absolute Gasteiger partial charge is 0.128 e. The molecule has 33 heavy (non-hydrogen) atoms. The predicted octanol–water partition coefficient (Wildman–Crippen LogP) is 3.36. The van der Waals surface area contributed by atoms with E-state index in [1.54, 1.807) is 55.6 Å². The van der Waals surface area contributed by atoms with Gasteiger partial charge in [0.1, 0.15) is 43.8 Å². The van der Waals surface area contributed by atoms with Crippen LogP contribution in [0.2, 0.25) is 0 Å². The van der Waals surface area contributed by atoms with E-state index < -0.39 is 0 Å². The van der Waals surface area contributed by atoms with Crippen molar-refractivity contribution in [1.82, 2.24) is 54.8 Å². The summed E-state index contributed by atoms with van der Waals surface area (Å²) in [5, 5.41) is 0. The van der Waals surface area contributed by atoms with Gasteiger partial charge in [0.2, 0.25) is 0 Å². The summed E-state index contributed by atoms with van der Waals surface area (Å²) < 4.78 is 0. The fraction of sp³-hybridized carbons (Fsp3) is 0.136. The minimum atomic E-state index is 0. The van der Waals surface area contributed by atoms with Crippen LogP contribution in [0.1, 0.15) is 20.7 Å². The van der Waals surface area contributed by atoms with Crippen molar-refractivity contribution >= 4 is 0 Å². The Labute approximate surface area is 194 Å². The number of aryl methyl sites for hydroxylation is 1. The molecule has 0 saturated heterocycles. The monoisotopic (exact) mass is 447 g/mol. The molecule has 0 saturated carbocycles. The standard InChI is InChI=1S/C5H5N.C4H5N3.2C4H4N2.C3H3N3.2CH4/c1-2-4-6-5-3-1;1-4-6-2-5-3-7-4;1-2-6-4-3-5-1;1-2-5-4-6-3-1;1-4-2-6-3-5-1;;/h1-5H;2-3H,1H3;2*1-4H;1-3H;2*1H4. The van der Waals surface area contributed by atoms with E-state index in [0.717, 1.165) is 5.82 Å². The number of hydrogen-bond acceptors (Lipinski definition) is 11. The molecule has 0 aliphatic rings. The first-order chi connectivity index (χ1) is 15.4. The molecule has 5 rings (SSSR count). The summed E-state index contributed by atoms with van der Waals surface area (Å²) in [7, 11) is 0. The Balaban J connectivity index is 0. The molecule has 0 aliphatic heterocycles. The van der Waals surface area contributed by atoms with Gasteiger partial charge in [-0.15, -0.1) is 0 Å². The van der Waals surface area contributed by atoms with Crippen LogP contribution in [-0.2, 0) is 0 Å². The Morgan fingerprint density at radius 2 is 0.727 bits per heavy atom. The number of pyridine rings is 1. The van der Waals surface area contributed by atoms with Crippen LogP contribution in [-0.4, -0.2) is 54.8 Å². The Bertz CT molecular complexity index is 701. The third kappa shape index (κ3) is 23.5. The SMILES string of the molecule is C.C.Cc1ncncn1.c1ccncc1.c1cnccn1.c1cncnc1.c1ncncn1. The highest BCUT2D eigenvalue weighted by Gasteiger charge is 1.75. The number of aromatic nitrogens is 11. The molecular weight excluding hydrogens is 418 g/mol. The summed E-state index contributed by atoms with van der Waals surface area (Å²) >= 11 is 0. The first kappa shape index (κ1) is 30.5. The molecule has 0 aromatic carbocycles. The van der Waals surface area contributed by atoms with Crippen molar-refractivity contribution in [2.45, 2.75) is 21.8 Å². The average Bonchev–Trinajstić information content (AvgIpc) is 2.90. The molecule has 5 aromatic rings. The lowest BCUT2D eigenvalue weighted by atomic mass is 10.5. The first-order valence-electron chi connectivity index (χ1n) is 8.78. The molecule has 0 aliphatic carbocycles. The van der Waals surface area contributed by atoms with Gasteiger partial charge in [-0.1, -0.05) is 20.9 Å². The highest BCUT2D eigenvalue weighted by Crippen LogP contribution is 1.74. The maximum absolute atomic E-state index is 3.78. The van der Waals surface area contributed by atoms with Gasteiger partial charge in [-0.25, -0.2) is 39.9 Å². The van der Waals surface area contributed by atoms with Crippen molar-refractivity contribution in [3.8, 4) is 0 Å². The van der Waals surface area contributed by atoms with E-state index in [1.807, 2.05) is 25.1 Å². The highest BCUT2D eigenvalue weighted by molar-refractivity contribution is 4.88. The summed E-state index contributed by atoms with van der Waals surface area (Å²) in [5.41, 5.74) is 0. The zero-order chi connectivity index (χ0) is 22.1. The van der Waals surface area contributed by atoms with Crippen LogP contribution >= 0.6 is 0 Å². The van der Waals surface area contributed by atoms with Gasteiger partial charge in [0, 0.05) is 49.6 Å². The normalized spacial score (nSPS) is 7.67. The minimum Gasteiger partial charge on any atom is -0.265 e. The van der Waals surface area contributed by atoms with Crippen molar-refractivity contribution in [1.29, 1.82) is 0 Å². The van der Waals surface area contributed by atoms with Crippen LogP contribution in [0.4, 0.5) is 0 Å². The van der Waals surface area contributed by atoms with Crippen LogP contribution in [0.5, 0.6) is 0 Å². The van der Waals surface area contributed by atoms with Crippen LogP contribution in [0.25, 0.3) is 0 Å². The second-order valence-electron chi connectivity index (χ2n) is 4.80. The number of rotatable bonds is 0. The summed E-state index contributed by atoms with van der Waals surface area (Å²) in [5.74, 6) is 0.759. The van der Waals surface area contributed by atoms with Crippen LogP contribution in [0.3, 0.4) is 0 Å². The van der Waals surface area contributed by atoms with E-state index in [2.05, 4.69) is 54.8 Å². The van der Waals surface area contributed by atoms with Crippen molar-refractivity contribution in [2.75, 3.05) is 0 Å². The largest absolute Gasteiger partial charge is 0.265 e. The Hall–Kier alpha value is -4.67. The molecule has 11 nitrogen and oxygen atoms in total. The lowest BCUT2D eigenvalue weighted by molar-refractivity contribution is 0.974. The van der Waals surface area contributed by atoms with E-state index in [9.17, 15) is 0 Å². The van der Waals surface area contributed by atoms with Gasteiger partial charge in [0.15, 0.2) is 0 Å². The second-order valence-corrected chi connectivity index (χ2v) is 4.80. The molecule has 0 amide bonds. The van der Waals surface area contributed by atoms with Gasteiger partial charge in [0.05, 0.1) is 0 Å². The second kappa shape index (κ2) is 25.4. The van der Waals surface area contributed by atoms with Crippen LogP contribution in [0, 0.1) is 6.92 Å². The molecule has 11 heteroatoms. The zero-order valence-electron chi connectivity index (χ0n) is 16.8. The summed E-state index contributed by atoms with van der Waals surface area (Å²) in [6.45, 7) is 1.82. The van der Waals surface area contributed by atoms with Gasteiger partial charge in [-0.2, -0.15) is 0 Å². The van der Waals surface area contributed by atoms with E-state index in [1.165, 1.54) is 38.0 Å². The third-order valence-electron chi connectivity index (χ3n) is 2.54. The van der Waals surface area contributed by atoms with E-state index in [-0.39, 0.29) is 14.9 Å². The van der Waals surface area contributed by atoms with E-state index >= 15 is 0 Å². The maximum atomic E-state index is 3.78. The van der Waals surface area contributed by atoms with Gasteiger partial charge in [-0.3, -0.25) is 15.0 Å². The van der Waals surface area contributed by atoms with E-state index in [4.69, 9.17) is 0 Å². The molecular formula is C22H29N11. The van der Waals surface area contributed by atoms with Crippen molar-refractivity contribution in [3.05, 3.63) is 118 Å². The summed E-state index contributed by atoms with van der Waals surface area (Å²) in [6, 6.07) is 7.49. The van der Waals surface area contributed by atoms with Gasteiger partial charge in [-0.05, 0) is 25.1 Å². The Morgan fingerprint density at radius 3 is 0.909 bits per heavy atom. The first-order valence-corrected chi connectivity index (χ1v) is 8.78. The van der Waals surface area contributed by atoms with E-state index in [0.29, 0.717) is 0 Å². The molecule has 0 atom stereocenters. The Morgan fingerprint density at radius 1 is 0.364 bits per heavy atom. The third-order valence-corrected chi connectivity index (χ3v) is 2.54. The number of nitrogens with zero attached hydrogens (tertiary/aromatic N) is 11. The topological polar surface area (TPSA) is 142 Å². The Kier molecular flexibility index (Phi) is 23.5. The molecule has 5 aromatic heterocycles. The zero-order valence-corrected chi connectivity index (χ0v) is 16.8. The summed E-state index contributed by atoms with van der Waals surface area (Å²) in [6.07, 6.45) is 22.2. The molecule has 5 heterocycles. The molecule has 0 spiro atoms. The van der Waals surface area contributed by atoms with Gasteiger partial charge in [0.25, 0.3) is 0 Å². The minimum absolute atomic E-state index is 0. The number of hydrogen-bond donors (Lipinski definition) is 0. The quantitative estimate of drug-likeness (QED) is 0.345. The predicted molar refractivity (Wildman–Crippen MR) is 126 cm³/mol.